The number of rotatable bonds is 10. The number of carbonyl (C=O) groups excluding carboxylic acids is 1. The van der Waals surface area contributed by atoms with Gasteiger partial charge in [-0.05, 0) is 47.3 Å². The van der Waals surface area contributed by atoms with E-state index in [0.29, 0.717) is 36.4 Å². The number of carbonyl (C=O) groups is 1. The summed E-state index contributed by atoms with van der Waals surface area (Å²) >= 11 is 0. The van der Waals surface area contributed by atoms with E-state index in [4.69, 9.17) is 9.47 Å². The van der Waals surface area contributed by atoms with Crippen LogP contribution in [0.2, 0.25) is 0 Å². The number of hydrogen-bond donors (Lipinski definition) is 1. The summed E-state index contributed by atoms with van der Waals surface area (Å²) in [6.07, 6.45) is 0. The van der Waals surface area contributed by atoms with E-state index in [0.717, 1.165) is 16.7 Å². The Labute approximate surface area is 177 Å². The second-order valence-electron chi connectivity index (χ2n) is 9.76. The first-order chi connectivity index (χ1) is 13.2. The molecule has 1 aromatic carbocycles. The van der Waals surface area contributed by atoms with Crippen LogP contribution in [0.15, 0.2) is 24.3 Å². The highest BCUT2D eigenvalue weighted by Crippen LogP contribution is 2.45. The molecule has 0 unspecified atom stereocenters. The minimum Gasteiger partial charge on any atom is -0.507 e. The molecule has 0 amide bonds. The average molecular weight is 405 g/mol. The van der Waals surface area contributed by atoms with Gasteiger partial charge in [0.15, 0.2) is 0 Å². The van der Waals surface area contributed by atoms with E-state index < -0.39 is 5.97 Å². The van der Waals surface area contributed by atoms with Crippen molar-refractivity contribution in [1.82, 2.24) is 0 Å². The lowest BCUT2D eigenvalue weighted by molar-refractivity contribution is -0.140. The lowest BCUT2D eigenvalue weighted by atomic mass is 9.69. The number of ether oxygens (including phenoxy) is 2. The van der Waals surface area contributed by atoms with Crippen LogP contribution in [0.25, 0.3) is 0 Å². The number of benzene rings is 1. The molecule has 1 aromatic rings. The van der Waals surface area contributed by atoms with Crippen LogP contribution in [0.5, 0.6) is 5.75 Å². The molecule has 0 aromatic heterocycles. The topological polar surface area (TPSA) is 55.8 Å². The molecule has 0 atom stereocenters. The summed E-state index contributed by atoms with van der Waals surface area (Å²) in [5, 5.41) is 11.2. The molecule has 4 nitrogen and oxygen atoms in total. The fourth-order valence-electron chi connectivity index (χ4n) is 2.89. The molecule has 0 aliphatic carbocycles. The van der Waals surface area contributed by atoms with Crippen molar-refractivity contribution in [3.63, 3.8) is 0 Å². The minimum atomic E-state index is -0.403. The van der Waals surface area contributed by atoms with Crippen molar-refractivity contribution in [2.75, 3.05) is 13.2 Å². The molecule has 1 N–H and O–H groups in total. The van der Waals surface area contributed by atoms with Crippen LogP contribution >= 0.6 is 0 Å². The van der Waals surface area contributed by atoms with Crippen LogP contribution in [0, 0.1) is 11.8 Å². The van der Waals surface area contributed by atoms with Crippen molar-refractivity contribution < 1.29 is 19.4 Å². The van der Waals surface area contributed by atoms with Gasteiger partial charge in [0.2, 0.25) is 0 Å². The molecule has 0 aliphatic heterocycles. The number of phenols is 1. The van der Waals surface area contributed by atoms with Gasteiger partial charge in [-0.2, -0.15) is 0 Å². The fourth-order valence-corrected chi connectivity index (χ4v) is 2.89. The summed E-state index contributed by atoms with van der Waals surface area (Å²) in [5.41, 5.74) is 2.93. The Morgan fingerprint density at radius 1 is 1.00 bits per heavy atom. The Bertz CT molecular complexity index is 685. The van der Waals surface area contributed by atoms with Crippen molar-refractivity contribution in [1.29, 1.82) is 0 Å². The number of phenolic OH excluding ortho intramolecular Hbond substituents is 1. The van der Waals surface area contributed by atoms with Gasteiger partial charge in [0.1, 0.15) is 12.4 Å². The van der Waals surface area contributed by atoms with E-state index in [1.54, 1.807) is 6.92 Å². The highest BCUT2D eigenvalue weighted by Gasteiger charge is 2.34. The van der Waals surface area contributed by atoms with Gasteiger partial charge in [0, 0.05) is 16.7 Å². The lowest BCUT2D eigenvalue weighted by Crippen LogP contribution is -2.29. The Morgan fingerprint density at radius 3 is 1.83 bits per heavy atom. The maximum atomic E-state index is 11.4. The van der Waals surface area contributed by atoms with E-state index in [1.807, 2.05) is 0 Å². The zero-order valence-electron chi connectivity index (χ0n) is 19.8. The molecule has 0 saturated carbocycles. The molecule has 0 radical (unpaired) electrons. The van der Waals surface area contributed by atoms with Crippen molar-refractivity contribution in [2.24, 2.45) is 11.8 Å². The average Bonchev–Trinajstić information content (AvgIpc) is 2.61. The summed E-state index contributed by atoms with van der Waals surface area (Å²) < 4.78 is 10.8. The van der Waals surface area contributed by atoms with E-state index in [9.17, 15) is 9.90 Å². The van der Waals surface area contributed by atoms with E-state index >= 15 is 0 Å². The number of esters is 1. The lowest BCUT2D eigenvalue weighted by Gasteiger charge is -2.36. The van der Waals surface area contributed by atoms with Crippen LogP contribution in [0.4, 0.5) is 0 Å². The molecule has 0 spiro atoms. The van der Waals surface area contributed by atoms with Gasteiger partial charge < -0.3 is 14.6 Å². The summed E-state index contributed by atoms with van der Waals surface area (Å²) in [7, 11) is 0. The summed E-state index contributed by atoms with van der Waals surface area (Å²) in [6, 6.07) is 4.10. The summed E-state index contributed by atoms with van der Waals surface area (Å²) in [6.45, 7) is 23.4. The predicted molar refractivity (Wildman–Crippen MR) is 119 cm³/mol. The van der Waals surface area contributed by atoms with Crippen molar-refractivity contribution in [3.05, 3.63) is 41.0 Å². The highest BCUT2D eigenvalue weighted by molar-refractivity contribution is 5.86. The molecule has 4 heteroatoms. The van der Waals surface area contributed by atoms with Gasteiger partial charge in [-0.25, -0.2) is 4.79 Å². The maximum Gasteiger partial charge on any atom is 0.333 e. The van der Waals surface area contributed by atoms with Crippen molar-refractivity contribution in [3.8, 4) is 5.75 Å². The normalized spacial score (nSPS) is 12.5. The minimum absolute atomic E-state index is 0.182. The van der Waals surface area contributed by atoms with Crippen LogP contribution in [-0.4, -0.2) is 24.3 Å². The molecular weight excluding hydrogens is 364 g/mol. The zero-order chi connectivity index (χ0) is 22.6. The Hall–Kier alpha value is -1.81. The van der Waals surface area contributed by atoms with Gasteiger partial charge in [-0.15, -0.1) is 0 Å². The number of aromatic hydroxyl groups is 1. The third-order valence-electron chi connectivity index (χ3n) is 6.52. The molecule has 0 heterocycles. The van der Waals surface area contributed by atoms with Gasteiger partial charge >= 0.3 is 5.97 Å². The quantitative estimate of drug-likeness (QED) is 0.300. The SMILES string of the molecule is C=C(C)C(=O)OCCOCc1cc(C(C)(C)C(C)C)c(O)c(C(C)(C)C(C)C)c1. The molecule has 29 heavy (non-hydrogen) atoms. The molecule has 0 saturated heterocycles. The van der Waals surface area contributed by atoms with Crippen molar-refractivity contribution >= 4 is 5.97 Å². The molecule has 0 aliphatic rings. The van der Waals surface area contributed by atoms with Crippen molar-refractivity contribution in [2.45, 2.75) is 79.8 Å². The highest BCUT2D eigenvalue weighted by atomic mass is 16.6. The third-order valence-corrected chi connectivity index (χ3v) is 6.52. The summed E-state index contributed by atoms with van der Waals surface area (Å²) in [5.74, 6) is 0.712. The monoisotopic (exact) mass is 404 g/mol. The molecular formula is C25H40O4. The molecule has 1 rings (SSSR count). The van der Waals surface area contributed by atoms with Crippen LogP contribution in [0.3, 0.4) is 0 Å². The third kappa shape index (κ3) is 6.08. The van der Waals surface area contributed by atoms with Gasteiger partial charge in [-0.3, -0.25) is 0 Å². The first-order valence-corrected chi connectivity index (χ1v) is 10.5. The smallest absolute Gasteiger partial charge is 0.333 e. The Balaban J connectivity index is 3.15. The zero-order valence-corrected chi connectivity index (χ0v) is 19.8. The van der Waals surface area contributed by atoms with E-state index in [-0.39, 0.29) is 17.4 Å². The van der Waals surface area contributed by atoms with Crippen LogP contribution in [0.1, 0.15) is 79.0 Å². The first kappa shape index (κ1) is 25.2. The van der Waals surface area contributed by atoms with E-state index in [1.165, 1.54) is 0 Å². The fraction of sp³-hybridized carbons (Fsp3) is 0.640. The van der Waals surface area contributed by atoms with Gasteiger partial charge in [-0.1, -0.05) is 62.0 Å². The molecule has 0 bridgehead atoms. The Kier molecular flexibility index (Phi) is 8.52. The number of hydrogen-bond acceptors (Lipinski definition) is 4. The summed E-state index contributed by atoms with van der Waals surface area (Å²) in [4.78, 5) is 11.4. The molecule has 164 valence electrons. The standard InChI is InChI=1S/C25H40O4/c1-16(2)23(27)29-12-11-28-15-19-13-20(24(7,8)17(3)4)22(26)21(14-19)25(9,10)18(5)6/h13-14,17-18,26H,1,11-12,15H2,2-10H3. The first-order valence-electron chi connectivity index (χ1n) is 10.5. The van der Waals surface area contributed by atoms with Gasteiger partial charge in [0.05, 0.1) is 13.2 Å². The maximum absolute atomic E-state index is 11.4. The molecule has 0 fully saturated rings. The van der Waals surface area contributed by atoms with Gasteiger partial charge in [0.25, 0.3) is 0 Å². The largest absolute Gasteiger partial charge is 0.507 e. The predicted octanol–water partition coefficient (Wildman–Crippen LogP) is 5.90. The van der Waals surface area contributed by atoms with Crippen LogP contribution < -0.4 is 0 Å². The Morgan fingerprint density at radius 2 is 1.45 bits per heavy atom. The van der Waals surface area contributed by atoms with E-state index in [2.05, 4.69) is 74.1 Å². The van der Waals surface area contributed by atoms with Crippen LogP contribution in [-0.2, 0) is 31.7 Å². The second-order valence-corrected chi connectivity index (χ2v) is 9.76. The second kappa shape index (κ2) is 9.80.